The third-order valence-electron chi connectivity index (χ3n) is 2.65. The minimum absolute atomic E-state index is 0.289. The average molecular weight is 307 g/mol. The van der Waals surface area contributed by atoms with Gasteiger partial charge in [0.1, 0.15) is 12.5 Å². The van der Waals surface area contributed by atoms with Gasteiger partial charge in [-0.3, -0.25) is 10.1 Å². The molecule has 0 aliphatic rings. The van der Waals surface area contributed by atoms with Gasteiger partial charge in [-0.05, 0) is 12.5 Å². The van der Waals surface area contributed by atoms with Crippen LogP contribution in [0, 0.1) is 23.0 Å². The van der Waals surface area contributed by atoms with Crippen molar-refractivity contribution in [2.45, 2.75) is 13.1 Å². The number of hydrogen-bond acceptors (Lipinski definition) is 5. The van der Waals surface area contributed by atoms with E-state index < -0.39 is 35.1 Å². The zero-order valence-corrected chi connectivity index (χ0v) is 10.8. The first-order chi connectivity index (χ1) is 9.68. The summed E-state index contributed by atoms with van der Waals surface area (Å²) in [4.78, 5) is 10.1. The van der Waals surface area contributed by atoms with E-state index in [9.17, 15) is 23.3 Å². The third kappa shape index (κ3) is 3.97. The molecule has 0 radical (unpaired) electrons. The number of nitrogens with two attached hydrogens (primary N) is 1. The maximum absolute atomic E-state index is 12.7. The predicted octanol–water partition coefficient (Wildman–Crippen LogP) is 2.21. The fourth-order valence-corrected chi connectivity index (χ4v) is 1.55. The molecule has 21 heavy (non-hydrogen) atoms. The van der Waals surface area contributed by atoms with E-state index in [2.05, 4.69) is 5.16 Å². The Bertz CT molecular complexity index is 560. The van der Waals surface area contributed by atoms with E-state index >= 15 is 0 Å². The second kappa shape index (κ2) is 6.29. The molecule has 1 unspecified atom stereocenters. The fraction of sp³-hybridized carbons (Fsp3) is 0.364. The van der Waals surface area contributed by atoms with Gasteiger partial charge in [0.2, 0.25) is 0 Å². The van der Waals surface area contributed by atoms with Crippen molar-refractivity contribution >= 4 is 11.5 Å². The van der Waals surface area contributed by atoms with E-state index in [0.29, 0.717) is 5.56 Å². The van der Waals surface area contributed by atoms with Gasteiger partial charge in [0.05, 0.1) is 4.92 Å². The average Bonchev–Trinajstić information content (AvgIpc) is 2.38. The second-order valence-electron chi connectivity index (χ2n) is 4.11. The van der Waals surface area contributed by atoms with Crippen LogP contribution in [0.1, 0.15) is 5.56 Å². The van der Waals surface area contributed by atoms with Gasteiger partial charge in [-0.15, -0.1) is 0 Å². The number of nitro benzene ring substituents is 1. The molecule has 10 heteroatoms. The van der Waals surface area contributed by atoms with Gasteiger partial charge < -0.3 is 15.7 Å². The number of amidine groups is 1. The van der Waals surface area contributed by atoms with Crippen LogP contribution in [0.3, 0.4) is 0 Å². The number of nitro groups is 1. The first-order valence-corrected chi connectivity index (χ1v) is 5.59. The number of hydrogen-bond donors (Lipinski definition) is 2. The van der Waals surface area contributed by atoms with Gasteiger partial charge in [0.25, 0.3) is 0 Å². The molecule has 116 valence electrons. The number of halogens is 3. The molecule has 0 fully saturated rings. The Balaban J connectivity index is 3.04. The number of para-hydroxylation sites is 1. The lowest BCUT2D eigenvalue weighted by atomic mass is 10.1. The number of benzene rings is 1. The molecule has 7 nitrogen and oxygen atoms in total. The third-order valence-corrected chi connectivity index (χ3v) is 2.65. The summed E-state index contributed by atoms with van der Waals surface area (Å²) in [6, 6.07) is 3.94. The number of aryl methyl sites for hydroxylation is 1. The monoisotopic (exact) mass is 307 g/mol. The number of ether oxygens (including phenoxy) is 1. The number of oxime groups is 1. The zero-order chi connectivity index (χ0) is 16.2. The SMILES string of the molecule is Cc1cccc([N+](=O)[O-])c1OCC(/C(N)=N/O)C(F)(F)F. The fourth-order valence-electron chi connectivity index (χ4n) is 1.55. The van der Waals surface area contributed by atoms with E-state index in [-0.39, 0.29) is 5.75 Å². The molecule has 0 bridgehead atoms. The first kappa shape index (κ1) is 16.5. The number of alkyl halides is 3. The van der Waals surface area contributed by atoms with Gasteiger partial charge >= 0.3 is 11.9 Å². The summed E-state index contributed by atoms with van der Waals surface area (Å²) in [6.45, 7) is 0.416. The summed E-state index contributed by atoms with van der Waals surface area (Å²) in [5.74, 6) is -3.75. The molecule has 0 spiro atoms. The van der Waals surface area contributed by atoms with Crippen LogP contribution in [0.4, 0.5) is 18.9 Å². The molecule has 0 saturated heterocycles. The van der Waals surface area contributed by atoms with Crippen molar-refractivity contribution in [3.05, 3.63) is 33.9 Å². The standard InChI is InChI=1S/C11H12F3N3O4/c1-6-3-2-4-8(17(19)20)9(6)21-5-7(10(15)16-18)11(12,13)14/h2-4,7,18H,5H2,1H3,(H2,15,16). The highest BCUT2D eigenvalue weighted by molar-refractivity contribution is 5.83. The minimum Gasteiger partial charge on any atom is -0.485 e. The van der Waals surface area contributed by atoms with Gasteiger partial charge in [0, 0.05) is 6.07 Å². The van der Waals surface area contributed by atoms with Crippen molar-refractivity contribution in [3.8, 4) is 5.75 Å². The second-order valence-corrected chi connectivity index (χ2v) is 4.11. The van der Waals surface area contributed by atoms with Crippen molar-refractivity contribution in [3.63, 3.8) is 0 Å². The first-order valence-electron chi connectivity index (χ1n) is 5.59. The van der Waals surface area contributed by atoms with Crippen LogP contribution < -0.4 is 10.5 Å². The van der Waals surface area contributed by atoms with Crippen LogP contribution in [0.15, 0.2) is 23.4 Å². The highest BCUT2D eigenvalue weighted by Crippen LogP contribution is 2.33. The maximum atomic E-state index is 12.7. The topological polar surface area (TPSA) is 111 Å². The van der Waals surface area contributed by atoms with E-state index in [4.69, 9.17) is 15.7 Å². The van der Waals surface area contributed by atoms with E-state index in [1.807, 2.05) is 0 Å². The van der Waals surface area contributed by atoms with Crippen molar-refractivity contribution in [1.29, 1.82) is 0 Å². The molecule has 1 atom stereocenters. The molecule has 1 aromatic rings. The van der Waals surface area contributed by atoms with Crippen LogP contribution >= 0.6 is 0 Å². The highest BCUT2D eigenvalue weighted by Gasteiger charge is 2.44. The lowest BCUT2D eigenvalue weighted by Gasteiger charge is -2.19. The largest absolute Gasteiger partial charge is 0.485 e. The van der Waals surface area contributed by atoms with Crippen LogP contribution in [-0.4, -0.2) is 28.7 Å². The van der Waals surface area contributed by atoms with Crippen LogP contribution in [0.25, 0.3) is 0 Å². The van der Waals surface area contributed by atoms with E-state index in [0.717, 1.165) is 6.07 Å². The Morgan fingerprint density at radius 2 is 2.19 bits per heavy atom. The Morgan fingerprint density at radius 1 is 1.57 bits per heavy atom. The summed E-state index contributed by atoms with van der Waals surface area (Å²) in [5, 5.41) is 21.5. The number of rotatable bonds is 5. The quantitative estimate of drug-likeness (QED) is 0.285. The van der Waals surface area contributed by atoms with Gasteiger partial charge in [0.15, 0.2) is 11.6 Å². The Hall–Kier alpha value is -2.52. The molecule has 0 saturated carbocycles. The molecule has 3 N–H and O–H groups in total. The van der Waals surface area contributed by atoms with Crippen molar-refractivity contribution in [2.75, 3.05) is 6.61 Å². The van der Waals surface area contributed by atoms with E-state index in [1.165, 1.54) is 19.1 Å². The summed E-state index contributed by atoms with van der Waals surface area (Å²) < 4.78 is 43.1. The van der Waals surface area contributed by atoms with Crippen LogP contribution in [0.5, 0.6) is 5.75 Å². The van der Waals surface area contributed by atoms with Crippen LogP contribution in [0.2, 0.25) is 0 Å². The smallest absolute Gasteiger partial charge is 0.402 e. The zero-order valence-electron chi connectivity index (χ0n) is 10.8. The lowest BCUT2D eigenvalue weighted by molar-refractivity contribution is -0.386. The molecule has 0 amide bonds. The summed E-state index contributed by atoms with van der Waals surface area (Å²) >= 11 is 0. The molecule has 0 aliphatic carbocycles. The Morgan fingerprint density at radius 3 is 2.67 bits per heavy atom. The molecule has 0 aliphatic heterocycles. The van der Waals surface area contributed by atoms with Gasteiger partial charge in [-0.25, -0.2) is 0 Å². The Labute approximate surface area is 117 Å². The molecule has 1 aromatic carbocycles. The summed E-state index contributed by atoms with van der Waals surface area (Å²) in [6.07, 6.45) is -4.81. The highest BCUT2D eigenvalue weighted by atomic mass is 19.4. The van der Waals surface area contributed by atoms with Crippen molar-refractivity contribution in [2.24, 2.45) is 16.8 Å². The van der Waals surface area contributed by atoms with E-state index in [1.54, 1.807) is 0 Å². The summed E-state index contributed by atoms with van der Waals surface area (Å²) in [7, 11) is 0. The number of nitrogens with zero attached hydrogens (tertiary/aromatic N) is 2. The predicted molar refractivity (Wildman–Crippen MR) is 66.3 cm³/mol. The Kier molecular flexibility index (Phi) is 4.95. The lowest BCUT2D eigenvalue weighted by Crippen LogP contribution is -2.40. The van der Waals surface area contributed by atoms with Crippen LogP contribution in [-0.2, 0) is 0 Å². The normalized spacial score (nSPS) is 13.8. The van der Waals surface area contributed by atoms with Crippen molar-refractivity contribution in [1.82, 2.24) is 0 Å². The van der Waals surface area contributed by atoms with Crippen molar-refractivity contribution < 1.29 is 28.0 Å². The molecule has 1 rings (SSSR count). The molecular formula is C11H12F3N3O4. The maximum Gasteiger partial charge on any atom is 0.402 e. The molecule has 0 heterocycles. The molecule has 0 aromatic heterocycles. The van der Waals surface area contributed by atoms with Gasteiger partial charge in [-0.2, -0.15) is 13.2 Å². The van der Waals surface area contributed by atoms with Gasteiger partial charge in [-0.1, -0.05) is 17.3 Å². The molecular weight excluding hydrogens is 295 g/mol. The summed E-state index contributed by atoms with van der Waals surface area (Å²) in [5.41, 5.74) is 4.80. The minimum atomic E-state index is -4.81.